The molecule has 26 heavy (non-hydrogen) atoms. The van der Waals surface area contributed by atoms with Gasteiger partial charge in [0, 0.05) is 0 Å². The van der Waals surface area contributed by atoms with E-state index in [0.717, 1.165) is 23.0 Å². The van der Waals surface area contributed by atoms with Gasteiger partial charge in [-0.2, -0.15) is 21.9 Å². The summed E-state index contributed by atoms with van der Waals surface area (Å²) >= 11 is 0. The predicted octanol–water partition coefficient (Wildman–Crippen LogP) is -0.115. The Morgan fingerprint density at radius 1 is 1.19 bits per heavy atom. The van der Waals surface area contributed by atoms with Crippen LogP contribution in [0.3, 0.4) is 0 Å². The van der Waals surface area contributed by atoms with Gasteiger partial charge in [-0.1, -0.05) is 6.07 Å². The Balaban J connectivity index is 2.44. The largest absolute Gasteiger partial charge is 0.504 e. The standard InChI is InChI=1S/C12H12N2O10S2/c15-9-6-14(13-11(9)12(16)17)8-2-1-7(3-4-24-26(21,22)23)5-10(8)25(18,19)20/h1-2,5-6,15H,3-4H2,(H,16,17)(H,18,19,20)(H,21,22,23). The summed E-state index contributed by atoms with van der Waals surface area (Å²) in [6.45, 7) is -0.491. The van der Waals surface area contributed by atoms with Crippen LogP contribution in [0.1, 0.15) is 16.1 Å². The Hall–Kier alpha value is -2.52. The molecule has 2 aromatic rings. The summed E-state index contributed by atoms with van der Waals surface area (Å²) in [4.78, 5) is 10.2. The molecule has 0 saturated carbocycles. The topological polar surface area (TPSA) is 193 Å². The normalized spacial score (nSPS) is 12.2. The molecular formula is C12H12N2O10S2. The number of carboxylic acid groups (broad SMARTS) is 1. The van der Waals surface area contributed by atoms with E-state index in [9.17, 15) is 31.3 Å². The van der Waals surface area contributed by atoms with Crippen LogP contribution in [0, 0.1) is 0 Å². The van der Waals surface area contributed by atoms with E-state index in [1.165, 1.54) is 6.07 Å². The van der Waals surface area contributed by atoms with E-state index in [2.05, 4.69) is 9.28 Å². The zero-order chi connectivity index (χ0) is 19.7. The Labute approximate surface area is 147 Å². The third-order valence-electron chi connectivity index (χ3n) is 3.07. The van der Waals surface area contributed by atoms with Gasteiger partial charge in [0.15, 0.2) is 5.75 Å². The molecule has 0 aliphatic rings. The molecule has 0 amide bonds. The van der Waals surface area contributed by atoms with E-state index in [1.54, 1.807) is 0 Å². The lowest BCUT2D eigenvalue weighted by Gasteiger charge is -2.09. The second kappa shape index (κ2) is 7.00. The van der Waals surface area contributed by atoms with Crippen molar-refractivity contribution in [2.24, 2.45) is 0 Å². The molecule has 0 saturated heterocycles. The number of hydrogen-bond acceptors (Lipinski definition) is 8. The maximum atomic E-state index is 11.6. The van der Waals surface area contributed by atoms with Gasteiger partial charge in [-0.15, -0.1) is 0 Å². The third-order valence-corrected chi connectivity index (χ3v) is 4.42. The maximum absolute atomic E-state index is 11.6. The SMILES string of the molecule is O=C(O)c1nn(-c2ccc(CCOS(=O)(=O)O)cc2S(=O)(=O)O)cc1O. The third kappa shape index (κ3) is 4.77. The van der Waals surface area contributed by atoms with Gasteiger partial charge in [-0.25, -0.2) is 13.7 Å². The van der Waals surface area contributed by atoms with Gasteiger partial charge in [0.25, 0.3) is 10.1 Å². The van der Waals surface area contributed by atoms with Crippen LogP contribution in [0.4, 0.5) is 0 Å². The van der Waals surface area contributed by atoms with E-state index < -0.39 is 49.4 Å². The fourth-order valence-electron chi connectivity index (χ4n) is 2.02. The zero-order valence-corrected chi connectivity index (χ0v) is 14.3. The predicted molar refractivity (Wildman–Crippen MR) is 83.2 cm³/mol. The van der Waals surface area contributed by atoms with Crippen LogP contribution in [-0.2, 0) is 31.1 Å². The molecule has 142 valence electrons. The number of hydrogen-bond donors (Lipinski definition) is 4. The van der Waals surface area contributed by atoms with Crippen molar-refractivity contribution in [1.29, 1.82) is 0 Å². The minimum atomic E-state index is -4.78. The van der Waals surface area contributed by atoms with E-state index in [-0.39, 0.29) is 17.7 Å². The average molecular weight is 408 g/mol. The minimum Gasteiger partial charge on any atom is -0.504 e. The molecule has 0 fully saturated rings. The smallest absolute Gasteiger partial charge is 0.397 e. The average Bonchev–Trinajstić information content (AvgIpc) is 2.87. The second-order valence-electron chi connectivity index (χ2n) is 4.89. The number of aromatic nitrogens is 2. The number of carboxylic acids is 1. The van der Waals surface area contributed by atoms with Crippen LogP contribution < -0.4 is 0 Å². The van der Waals surface area contributed by atoms with Crippen molar-refractivity contribution in [1.82, 2.24) is 9.78 Å². The molecule has 1 heterocycles. The summed E-state index contributed by atoms with van der Waals surface area (Å²) in [5, 5.41) is 21.9. The van der Waals surface area contributed by atoms with E-state index in [0.29, 0.717) is 0 Å². The Kier molecular flexibility index (Phi) is 5.33. The van der Waals surface area contributed by atoms with E-state index >= 15 is 0 Å². The van der Waals surface area contributed by atoms with Crippen molar-refractivity contribution in [3.05, 3.63) is 35.7 Å². The first-order valence-electron chi connectivity index (χ1n) is 6.63. The van der Waals surface area contributed by atoms with Crippen molar-refractivity contribution in [2.75, 3.05) is 6.61 Å². The van der Waals surface area contributed by atoms with Crippen molar-refractivity contribution < 1.29 is 45.1 Å². The molecule has 1 aromatic carbocycles. The Morgan fingerprint density at radius 2 is 1.85 bits per heavy atom. The summed E-state index contributed by atoms with van der Waals surface area (Å²) in [6.07, 6.45) is 0.710. The highest BCUT2D eigenvalue weighted by Crippen LogP contribution is 2.25. The van der Waals surface area contributed by atoms with E-state index in [1.807, 2.05) is 0 Å². The first kappa shape index (κ1) is 19.8. The van der Waals surface area contributed by atoms with Gasteiger partial charge in [0.05, 0.1) is 18.5 Å². The molecular weight excluding hydrogens is 396 g/mol. The van der Waals surface area contributed by atoms with Gasteiger partial charge in [0.2, 0.25) is 5.69 Å². The quantitative estimate of drug-likeness (QED) is 0.446. The molecule has 0 bridgehead atoms. The summed E-state index contributed by atoms with van der Waals surface area (Å²) < 4.78 is 66.9. The highest BCUT2D eigenvalue weighted by molar-refractivity contribution is 7.86. The molecule has 0 spiro atoms. The van der Waals surface area contributed by atoms with Gasteiger partial charge in [-0.05, 0) is 24.1 Å². The number of aromatic carboxylic acids is 1. The lowest BCUT2D eigenvalue weighted by Crippen LogP contribution is -2.10. The first-order valence-corrected chi connectivity index (χ1v) is 9.43. The van der Waals surface area contributed by atoms with Crippen LogP contribution in [0.15, 0.2) is 29.3 Å². The van der Waals surface area contributed by atoms with Crippen LogP contribution >= 0.6 is 0 Å². The van der Waals surface area contributed by atoms with E-state index in [4.69, 9.17) is 9.66 Å². The number of aromatic hydroxyl groups is 1. The Morgan fingerprint density at radius 3 is 2.35 bits per heavy atom. The van der Waals surface area contributed by atoms with Crippen LogP contribution in [0.25, 0.3) is 5.69 Å². The molecule has 0 aliphatic heterocycles. The molecule has 1 aromatic heterocycles. The molecule has 0 atom stereocenters. The van der Waals surface area contributed by atoms with Crippen molar-refractivity contribution >= 4 is 26.5 Å². The van der Waals surface area contributed by atoms with Gasteiger partial charge in [0.1, 0.15) is 4.90 Å². The molecule has 12 nitrogen and oxygen atoms in total. The molecule has 14 heteroatoms. The molecule has 0 aliphatic carbocycles. The van der Waals surface area contributed by atoms with Crippen LogP contribution in [0.5, 0.6) is 5.75 Å². The molecule has 4 N–H and O–H groups in total. The fraction of sp³-hybridized carbons (Fsp3) is 0.167. The fourth-order valence-corrected chi connectivity index (χ4v) is 3.04. The first-order chi connectivity index (χ1) is 11.9. The zero-order valence-electron chi connectivity index (χ0n) is 12.7. The lowest BCUT2D eigenvalue weighted by atomic mass is 10.1. The molecule has 0 unspecified atom stereocenters. The maximum Gasteiger partial charge on any atom is 0.397 e. The second-order valence-corrected chi connectivity index (χ2v) is 7.37. The molecule has 0 radical (unpaired) electrons. The van der Waals surface area contributed by atoms with Crippen LogP contribution in [-0.4, -0.2) is 58.5 Å². The number of nitrogens with zero attached hydrogens (tertiary/aromatic N) is 2. The molecule has 2 rings (SSSR count). The Bertz CT molecular complexity index is 1060. The lowest BCUT2D eigenvalue weighted by molar-refractivity contribution is 0.0686. The minimum absolute atomic E-state index is 0.132. The van der Waals surface area contributed by atoms with Gasteiger partial charge in [-0.3, -0.25) is 9.11 Å². The van der Waals surface area contributed by atoms with Crippen molar-refractivity contribution in [3.63, 3.8) is 0 Å². The highest BCUT2D eigenvalue weighted by Gasteiger charge is 2.22. The van der Waals surface area contributed by atoms with Crippen molar-refractivity contribution in [2.45, 2.75) is 11.3 Å². The number of benzene rings is 1. The monoisotopic (exact) mass is 408 g/mol. The van der Waals surface area contributed by atoms with Gasteiger partial charge < -0.3 is 10.2 Å². The number of carbonyl (C=O) groups is 1. The van der Waals surface area contributed by atoms with Crippen LogP contribution in [0.2, 0.25) is 0 Å². The van der Waals surface area contributed by atoms with Crippen molar-refractivity contribution in [3.8, 4) is 11.4 Å². The number of rotatable bonds is 7. The summed E-state index contributed by atoms with van der Waals surface area (Å²) in [5.41, 5.74) is -0.758. The summed E-state index contributed by atoms with van der Waals surface area (Å²) in [5.74, 6) is -2.27. The summed E-state index contributed by atoms with van der Waals surface area (Å²) in [6, 6.07) is 3.47. The van der Waals surface area contributed by atoms with Gasteiger partial charge >= 0.3 is 16.4 Å². The summed E-state index contributed by atoms with van der Waals surface area (Å²) in [7, 11) is -9.44. The highest BCUT2D eigenvalue weighted by atomic mass is 32.3.